The molecular weight excluding hydrogens is 404 g/mol. The first kappa shape index (κ1) is 18.8. The highest BCUT2D eigenvalue weighted by Gasteiger charge is 2.41. The summed E-state index contributed by atoms with van der Waals surface area (Å²) in [6.45, 7) is 0.416. The molecule has 2 aliphatic heterocycles. The quantitative estimate of drug-likeness (QED) is 0.693. The van der Waals surface area contributed by atoms with Gasteiger partial charge in [-0.2, -0.15) is 0 Å². The monoisotopic (exact) mass is 424 g/mol. The van der Waals surface area contributed by atoms with Crippen LogP contribution in [0.15, 0.2) is 53.4 Å². The third kappa shape index (κ3) is 2.88. The number of aromatic nitrogens is 2. The summed E-state index contributed by atoms with van der Waals surface area (Å²) in [5.41, 5.74) is 1.92. The summed E-state index contributed by atoms with van der Waals surface area (Å²) in [7, 11) is -3.90. The zero-order chi connectivity index (χ0) is 20.9. The maximum Gasteiger partial charge on any atom is 0.269 e. The molecular formula is C21H20N4O4S. The van der Waals surface area contributed by atoms with Crippen LogP contribution in [0.4, 0.5) is 0 Å². The van der Waals surface area contributed by atoms with Crippen LogP contribution in [0.5, 0.6) is 0 Å². The molecule has 1 atom stereocenters. The number of sulfonamides is 1. The van der Waals surface area contributed by atoms with E-state index in [1.54, 1.807) is 17.0 Å². The van der Waals surface area contributed by atoms with E-state index in [0.717, 1.165) is 34.0 Å². The van der Waals surface area contributed by atoms with Crippen molar-refractivity contribution in [3.8, 4) is 0 Å². The largest absolute Gasteiger partial charge is 0.340 e. The van der Waals surface area contributed by atoms with Crippen LogP contribution in [0.2, 0.25) is 0 Å². The minimum absolute atomic E-state index is 0.00349. The van der Waals surface area contributed by atoms with Crippen LogP contribution >= 0.6 is 0 Å². The molecule has 8 nitrogen and oxygen atoms in total. The number of H-pyrrole nitrogens is 1. The summed E-state index contributed by atoms with van der Waals surface area (Å²) in [6.07, 6.45) is 1.58. The summed E-state index contributed by atoms with van der Waals surface area (Å²) in [5.74, 6) is -0.0232. The van der Waals surface area contributed by atoms with Gasteiger partial charge in [-0.05, 0) is 37.1 Å². The number of imidazole rings is 1. The number of aromatic amines is 1. The average molecular weight is 424 g/mol. The molecule has 30 heavy (non-hydrogen) atoms. The first-order valence-electron chi connectivity index (χ1n) is 9.87. The second-order valence-corrected chi connectivity index (χ2v) is 9.34. The Morgan fingerprint density at radius 1 is 1.13 bits per heavy atom. The van der Waals surface area contributed by atoms with Crippen molar-refractivity contribution in [3.05, 3.63) is 59.9 Å². The molecule has 1 fully saturated rings. The predicted octanol–water partition coefficient (Wildman–Crippen LogP) is 2.46. The lowest BCUT2D eigenvalue weighted by molar-refractivity contribution is -0.132. The Bertz CT molecular complexity index is 1230. The second-order valence-electron chi connectivity index (χ2n) is 7.51. The Balaban J connectivity index is 1.32. The van der Waals surface area contributed by atoms with Crippen LogP contribution in [0.1, 0.15) is 41.5 Å². The lowest BCUT2D eigenvalue weighted by atomic mass is 10.2. The van der Waals surface area contributed by atoms with Crippen LogP contribution in [0, 0.1) is 0 Å². The third-order valence-electron chi connectivity index (χ3n) is 5.74. The second kappa shape index (κ2) is 6.94. The number of nitrogens with one attached hydrogen (secondary N) is 1. The highest BCUT2D eigenvalue weighted by atomic mass is 32.2. The molecule has 0 aliphatic carbocycles. The van der Waals surface area contributed by atoms with Gasteiger partial charge >= 0.3 is 0 Å². The SMILES string of the molecule is O=C(CCN1C(=O)c2ccccc2S1(=O)=O)N1CCCC1c1nc2ccccc2[nH]1. The van der Waals surface area contributed by atoms with E-state index >= 15 is 0 Å². The highest BCUT2D eigenvalue weighted by Crippen LogP contribution is 2.33. The minimum atomic E-state index is -3.90. The van der Waals surface area contributed by atoms with Crippen molar-refractivity contribution in [2.24, 2.45) is 0 Å². The summed E-state index contributed by atoms with van der Waals surface area (Å²) in [4.78, 5) is 35.1. The zero-order valence-corrected chi connectivity index (χ0v) is 16.9. The van der Waals surface area contributed by atoms with E-state index in [9.17, 15) is 18.0 Å². The molecule has 154 valence electrons. The molecule has 0 radical (unpaired) electrons. The van der Waals surface area contributed by atoms with Gasteiger partial charge in [0.05, 0.1) is 22.6 Å². The van der Waals surface area contributed by atoms with Crippen LogP contribution in [0.3, 0.4) is 0 Å². The van der Waals surface area contributed by atoms with E-state index in [0.29, 0.717) is 6.54 Å². The number of fused-ring (bicyclic) bond motifs is 2. The summed E-state index contributed by atoms with van der Waals surface area (Å²) >= 11 is 0. The molecule has 2 aromatic carbocycles. The number of carbonyl (C=O) groups is 2. The van der Waals surface area contributed by atoms with Gasteiger partial charge in [0, 0.05) is 19.5 Å². The van der Waals surface area contributed by atoms with Gasteiger partial charge in [-0.25, -0.2) is 17.7 Å². The Hall–Kier alpha value is -3.20. The number of para-hydroxylation sites is 2. The Labute approximate surface area is 173 Å². The molecule has 0 saturated carbocycles. The maximum absolute atomic E-state index is 12.9. The summed E-state index contributed by atoms with van der Waals surface area (Å²) in [5, 5.41) is 0. The van der Waals surface area contributed by atoms with Crippen LogP contribution in [0.25, 0.3) is 11.0 Å². The third-order valence-corrected chi connectivity index (χ3v) is 7.58. The molecule has 1 saturated heterocycles. The average Bonchev–Trinajstić information content (AvgIpc) is 3.43. The van der Waals surface area contributed by atoms with E-state index in [1.165, 1.54) is 12.1 Å². The molecule has 3 aromatic rings. The lowest BCUT2D eigenvalue weighted by Gasteiger charge is -2.24. The van der Waals surface area contributed by atoms with Crippen molar-refractivity contribution >= 4 is 32.9 Å². The highest BCUT2D eigenvalue weighted by molar-refractivity contribution is 7.90. The molecule has 1 aromatic heterocycles. The molecule has 9 heteroatoms. The summed E-state index contributed by atoms with van der Waals surface area (Å²) in [6, 6.07) is 13.6. The molecule has 0 spiro atoms. The van der Waals surface area contributed by atoms with Gasteiger partial charge in [0.1, 0.15) is 10.7 Å². The molecule has 1 N–H and O–H groups in total. The smallest absolute Gasteiger partial charge is 0.269 e. The zero-order valence-electron chi connectivity index (χ0n) is 16.1. The van der Waals surface area contributed by atoms with Crippen molar-refractivity contribution in [1.29, 1.82) is 0 Å². The van der Waals surface area contributed by atoms with Crippen molar-refractivity contribution < 1.29 is 18.0 Å². The lowest BCUT2D eigenvalue weighted by Crippen LogP contribution is -2.36. The molecule has 1 unspecified atom stereocenters. The molecule has 2 amide bonds. The fourth-order valence-corrected chi connectivity index (χ4v) is 5.84. The van der Waals surface area contributed by atoms with Crippen LogP contribution in [-0.2, 0) is 14.8 Å². The number of amides is 2. The summed E-state index contributed by atoms with van der Waals surface area (Å²) < 4.78 is 26.2. The number of hydrogen-bond donors (Lipinski definition) is 1. The number of carbonyl (C=O) groups excluding carboxylic acids is 2. The van der Waals surface area contributed by atoms with Crippen molar-refractivity contribution in [2.75, 3.05) is 13.1 Å². The van der Waals surface area contributed by atoms with Gasteiger partial charge in [0.15, 0.2) is 0 Å². The first-order chi connectivity index (χ1) is 14.5. The first-order valence-corrected chi connectivity index (χ1v) is 11.3. The standard InChI is InChI=1S/C21H20N4O4S/c26-19(11-13-25-21(27)14-6-1-4-10-18(14)30(25,28)29)24-12-5-9-17(24)20-22-15-7-2-3-8-16(15)23-20/h1-4,6-8,10,17H,5,9,11-13H2,(H,22,23). The number of likely N-dealkylation sites (tertiary alicyclic amines) is 1. The van der Waals surface area contributed by atoms with Gasteiger partial charge in [-0.15, -0.1) is 0 Å². The van der Waals surface area contributed by atoms with Gasteiger partial charge in [0.2, 0.25) is 5.91 Å². The van der Waals surface area contributed by atoms with Gasteiger partial charge < -0.3 is 9.88 Å². The molecule has 0 bridgehead atoms. The molecule has 5 rings (SSSR count). The van der Waals surface area contributed by atoms with Crippen molar-refractivity contribution in [2.45, 2.75) is 30.2 Å². The number of nitrogens with zero attached hydrogens (tertiary/aromatic N) is 3. The number of rotatable bonds is 4. The van der Waals surface area contributed by atoms with E-state index in [4.69, 9.17) is 0 Å². The Morgan fingerprint density at radius 3 is 2.70 bits per heavy atom. The molecule has 3 heterocycles. The minimum Gasteiger partial charge on any atom is -0.340 e. The van der Waals surface area contributed by atoms with Gasteiger partial charge in [0.25, 0.3) is 15.9 Å². The van der Waals surface area contributed by atoms with E-state index < -0.39 is 15.9 Å². The number of benzene rings is 2. The van der Waals surface area contributed by atoms with Gasteiger partial charge in [-0.3, -0.25) is 9.59 Å². The van der Waals surface area contributed by atoms with Gasteiger partial charge in [-0.1, -0.05) is 24.3 Å². The van der Waals surface area contributed by atoms with E-state index in [-0.39, 0.29) is 35.4 Å². The molecule has 2 aliphatic rings. The maximum atomic E-state index is 12.9. The van der Waals surface area contributed by atoms with Crippen molar-refractivity contribution in [1.82, 2.24) is 19.2 Å². The van der Waals surface area contributed by atoms with E-state index in [1.807, 2.05) is 24.3 Å². The normalized spacial score (nSPS) is 20.1. The Kier molecular flexibility index (Phi) is 4.35. The topological polar surface area (TPSA) is 103 Å². The Morgan fingerprint density at radius 2 is 1.90 bits per heavy atom. The predicted molar refractivity (Wildman–Crippen MR) is 109 cm³/mol. The van der Waals surface area contributed by atoms with Crippen molar-refractivity contribution in [3.63, 3.8) is 0 Å². The van der Waals surface area contributed by atoms with Crippen LogP contribution < -0.4 is 0 Å². The fraction of sp³-hybridized carbons (Fsp3) is 0.286. The van der Waals surface area contributed by atoms with E-state index in [2.05, 4.69) is 9.97 Å². The van der Waals surface area contributed by atoms with Crippen LogP contribution in [-0.4, -0.2) is 52.5 Å². The number of hydrogen-bond acceptors (Lipinski definition) is 5. The fourth-order valence-electron chi connectivity index (χ4n) is 4.27.